The molecule has 0 saturated carbocycles. The van der Waals surface area contributed by atoms with Crippen LogP contribution in [0.4, 0.5) is 5.13 Å². The lowest BCUT2D eigenvalue weighted by molar-refractivity contribution is 0.102. The van der Waals surface area contributed by atoms with Crippen LogP contribution in [-0.2, 0) is 6.42 Å². The molecule has 0 aliphatic carbocycles. The summed E-state index contributed by atoms with van der Waals surface area (Å²) in [6.45, 7) is 4.04. The minimum atomic E-state index is -0.256. The van der Waals surface area contributed by atoms with Gasteiger partial charge in [0.25, 0.3) is 5.91 Å². The van der Waals surface area contributed by atoms with Gasteiger partial charge in [0.1, 0.15) is 15.7 Å². The highest BCUT2D eigenvalue weighted by atomic mass is 32.1. The zero-order valence-corrected chi connectivity index (χ0v) is 13.8. The van der Waals surface area contributed by atoms with Gasteiger partial charge < -0.3 is 0 Å². The second-order valence-electron chi connectivity index (χ2n) is 4.71. The molecule has 3 aromatic rings. The van der Waals surface area contributed by atoms with E-state index in [2.05, 4.69) is 20.5 Å². The predicted molar refractivity (Wildman–Crippen MR) is 89.5 cm³/mol. The van der Waals surface area contributed by atoms with Crippen molar-refractivity contribution in [3.63, 3.8) is 0 Å². The number of aromatic nitrogens is 3. The Morgan fingerprint density at radius 1 is 1.23 bits per heavy atom. The van der Waals surface area contributed by atoms with Crippen LogP contribution in [0.5, 0.6) is 0 Å². The average molecular weight is 330 g/mol. The van der Waals surface area contributed by atoms with Gasteiger partial charge in [0.05, 0.1) is 0 Å². The molecule has 5 nitrogen and oxygen atoms in total. The zero-order valence-electron chi connectivity index (χ0n) is 12.2. The molecule has 1 amide bonds. The Balaban J connectivity index is 1.75. The molecule has 112 valence electrons. The van der Waals surface area contributed by atoms with Gasteiger partial charge in [0.15, 0.2) is 0 Å². The van der Waals surface area contributed by atoms with Crippen LogP contribution in [0.2, 0.25) is 0 Å². The van der Waals surface area contributed by atoms with Crippen molar-refractivity contribution in [2.24, 2.45) is 0 Å². The lowest BCUT2D eigenvalue weighted by Crippen LogP contribution is -2.12. The largest absolute Gasteiger partial charge is 0.295 e. The number of hydrogen-bond donors (Lipinski definition) is 1. The van der Waals surface area contributed by atoms with Gasteiger partial charge in [0.2, 0.25) is 5.13 Å². The minimum absolute atomic E-state index is 0.256. The van der Waals surface area contributed by atoms with Crippen LogP contribution >= 0.6 is 22.7 Å². The fraction of sp³-hybridized carbons (Fsp3) is 0.200. The van der Waals surface area contributed by atoms with Crippen LogP contribution < -0.4 is 5.32 Å². The van der Waals surface area contributed by atoms with E-state index in [1.54, 1.807) is 5.38 Å². The fourth-order valence-corrected chi connectivity index (χ4v) is 3.30. The first-order valence-corrected chi connectivity index (χ1v) is 8.51. The molecular weight excluding hydrogens is 316 g/mol. The van der Waals surface area contributed by atoms with E-state index in [4.69, 9.17) is 0 Å². The van der Waals surface area contributed by atoms with Crippen LogP contribution in [0.3, 0.4) is 0 Å². The van der Waals surface area contributed by atoms with Crippen LogP contribution in [0.1, 0.15) is 28.0 Å². The molecule has 2 aromatic heterocycles. The molecule has 0 aliphatic rings. The standard InChI is InChI=1S/C15H14N4OS2/c1-3-12-18-19-15(22-12)17-13(20)11-8-21-14(16-11)10-6-4-9(2)5-7-10/h4-8H,3H2,1-2H3,(H,17,19,20). The first-order chi connectivity index (χ1) is 10.7. The highest BCUT2D eigenvalue weighted by Gasteiger charge is 2.14. The van der Waals surface area contributed by atoms with Crippen LogP contribution in [0, 0.1) is 6.92 Å². The summed E-state index contributed by atoms with van der Waals surface area (Å²) in [5, 5.41) is 14.6. The number of benzene rings is 1. The molecule has 2 heterocycles. The third-order valence-electron chi connectivity index (χ3n) is 3.03. The number of hydrogen-bond acceptors (Lipinski definition) is 6. The molecule has 0 saturated heterocycles. The number of nitrogens with zero attached hydrogens (tertiary/aromatic N) is 3. The second-order valence-corrected chi connectivity index (χ2v) is 6.63. The van der Waals surface area contributed by atoms with Gasteiger partial charge in [-0.1, -0.05) is 48.1 Å². The van der Waals surface area contributed by atoms with Crippen molar-refractivity contribution in [1.82, 2.24) is 15.2 Å². The smallest absolute Gasteiger partial charge is 0.276 e. The minimum Gasteiger partial charge on any atom is -0.295 e. The van der Waals surface area contributed by atoms with Crippen LogP contribution in [-0.4, -0.2) is 21.1 Å². The Labute approximate surface area is 136 Å². The normalized spacial score (nSPS) is 10.6. The number of nitrogens with one attached hydrogen (secondary N) is 1. The van der Waals surface area contributed by atoms with Gasteiger partial charge in [-0.05, 0) is 13.3 Å². The second kappa shape index (κ2) is 6.33. The van der Waals surface area contributed by atoms with E-state index >= 15 is 0 Å². The van der Waals surface area contributed by atoms with Gasteiger partial charge in [-0.25, -0.2) is 4.98 Å². The molecule has 1 aromatic carbocycles. The van der Waals surface area contributed by atoms with Crippen molar-refractivity contribution in [3.8, 4) is 10.6 Å². The molecule has 0 spiro atoms. The zero-order chi connectivity index (χ0) is 15.5. The third kappa shape index (κ3) is 3.20. The Bertz CT molecular complexity index is 792. The maximum absolute atomic E-state index is 12.2. The summed E-state index contributed by atoms with van der Waals surface area (Å²) in [5.41, 5.74) is 2.61. The first kappa shape index (κ1) is 14.8. The van der Waals surface area contributed by atoms with E-state index in [-0.39, 0.29) is 5.91 Å². The van der Waals surface area contributed by atoms with E-state index in [1.807, 2.05) is 38.1 Å². The van der Waals surface area contributed by atoms with Crippen molar-refractivity contribution in [2.45, 2.75) is 20.3 Å². The van der Waals surface area contributed by atoms with E-state index in [9.17, 15) is 4.79 Å². The van der Waals surface area contributed by atoms with Gasteiger partial charge >= 0.3 is 0 Å². The molecule has 0 radical (unpaired) electrons. The van der Waals surface area contributed by atoms with E-state index in [0.29, 0.717) is 10.8 Å². The summed E-state index contributed by atoms with van der Waals surface area (Å²) in [5.74, 6) is -0.256. The molecule has 3 rings (SSSR count). The Morgan fingerprint density at radius 3 is 2.68 bits per heavy atom. The molecule has 0 bridgehead atoms. The molecule has 1 N–H and O–H groups in total. The van der Waals surface area contributed by atoms with E-state index in [0.717, 1.165) is 22.0 Å². The van der Waals surface area contributed by atoms with Crippen LogP contribution in [0.15, 0.2) is 29.6 Å². The molecule has 22 heavy (non-hydrogen) atoms. The summed E-state index contributed by atoms with van der Waals surface area (Å²) >= 11 is 2.83. The summed E-state index contributed by atoms with van der Waals surface area (Å²) in [6.07, 6.45) is 0.807. The van der Waals surface area contributed by atoms with E-state index in [1.165, 1.54) is 28.2 Å². The summed E-state index contributed by atoms with van der Waals surface area (Å²) in [6, 6.07) is 8.08. The maximum atomic E-state index is 12.2. The number of carbonyl (C=O) groups excluding carboxylic acids is 1. The van der Waals surface area contributed by atoms with Crippen molar-refractivity contribution < 1.29 is 4.79 Å². The van der Waals surface area contributed by atoms with Gasteiger partial charge in [-0.15, -0.1) is 21.5 Å². The first-order valence-electron chi connectivity index (χ1n) is 6.82. The van der Waals surface area contributed by atoms with Gasteiger partial charge in [-0.3, -0.25) is 10.1 Å². The summed E-state index contributed by atoms with van der Waals surface area (Å²) in [4.78, 5) is 16.6. The van der Waals surface area contributed by atoms with Gasteiger partial charge in [0, 0.05) is 10.9 Å². The Morgan fingerprint density at radius 2 is 2.00 bits per heavy atom. The fourth-order valence-electron chi connectivity index (χ4n) is 1.81. The lowest BCUT2D eigenvalue weighted by Gasteiger charge is -1.98. The molecule has 0 aliphatic heterocycles. The summed E-state index contributed by atoms with van der Waals surface area (Å²) < 4.78 is 0. The molecule has 0 atom stereocenters. The quantitative estimate of drug-likeness (QED) is 0.790. The average Bonchev–Trinajstić information content (AvgIpc) is 3.17. The van der Waals surface area contributed by atoms with Crippen LogP contribution in [0.25, 0.3) is 10.6 Å². The Kier molecular flexibility index (Phi) is 4.26. The van der Waals surface area contributed by atoms with Crippen molar-refractivity contribution in [3.05, 3.63) is 45.9 Å². The van der Waals surface area contributed by atoms with Gasteiger partial charge in [-0.2, -0.15) is 0 Å². The lowest BCUT2D eigenvalue weighted by atomic mass is 10.2. The highest BCUT2D eigenvalue weighted by molar-refractivity contribution is 7.15. The van der Waals surface area contributed by atoms with Crippen molar-refractivity contribution in [1.29, 1.82) is 0 Å². The maximum Gasteiger partial charge on any atom is 0.276 e. The number of carbonyl (C=O) groups is 1. The van der Waals surface area contributed by atoms with E-state index < -0.39 is 0 Å². The van der Waals surface area contributed by atoms with Crippen molar-refractivity contribution >= 4 is 33.7 Å². The predicted octanol–water partition coefficient (Wildman–Crippen LogP) is 3.78. The molecule has 7 heteroatoms. The number of amides is 1. The Hall–Kier alpha value is -2.12. The number of thiazole rings is 1. The number of anilines is 1. The number of aryl methyl sites for hydroxylation is 2. The SMILES string of the molecule is CCc1nnc(NC(=O)c2csc(-c3ccc(C)cc3)n2)s1. The monoisotopic (exact) mass is 330 g/mol. The molecule has 0 fully saturated rings. The number of rotatable bonds is 4. The topological polar surface area (TPSA) is 67.8 Å². The molecular formula is C15H14N4OS2. The molecule has 0 unspecified atom stereocenters. The van der Waals surface area contributed by atoms with Crippen molar-refractivity contribution in [2.75, 3.05) is 5.32 Å². The highest BCUT2D eigenvalue weighted by Crippen LogP contribution is 2.24. The summed E-state index contributed by atoms with van der Waals surface area (Å²) in [7, 11) is 0. The third-order valence-corrected chi connectivity index (χ3v) is 4.90.